The van der Waals surface area contributed by atoms with Gasteiger partial charge in [-0.05, 0) is 35.7 Å². The van der Waals surface area contributed by atoms with Crippen molar-refractivity contribution in [3.8, 4) is 0 Å². The lowest BCUT2D eigenvalue weighted by atomic mass is 9.95. The summed E-state index contributed by atoms with van der Waals surface area (Å²) in [6.45, 7) is -0.0338. The molecule has 1 unspecified atom stereocenters. The second kappa shape index (κ2) is 7.94. The molecule has 1 atom stereocenters. The number of benzene rings is 2. The topological polar surface area (TPSA) is 78.2 Å². The van der Waals surface area contributed by atoms with E-state index in [0.29, 0.717) is 11.3 Å². The van der Waals surface area contributed by atoms with Gasteiger partial charge >= 0.3 is 0 Å². The van der Waals surface area contributed by atoms with Crippen LogP contribution in [-0.2, 0) is 11.3 Å². The van der Waals surface area contributed by atoms with E-state index >= 15 is 0 Å². The second-order valence-electron chi connectivity index (χ2n) is 8.01. The summed E-state index contributed by atoms with van der Waals surface area (Å²) in [4.78, 5) is 32.2. The molecule has 0 fully saturated rings. The van der Waals surface area contributed by atoms with Crippen LogP contribution in [0.15, 0.2) is 35.1 Å². The molecule has 1 aliphatic rings. The van der Waals surface area contributed by atoms with Crippen molar-refractivity contribution in [1.82, 2.24) is 14.9 Å². The van der Waals surface area contributed by atoms with Crippen molar-refractivity contribution >= 4 is 27.6 Å². The van der Waals surface area contributed by atoms with Crippen LogP contribution in [0.5, 0.6) is 0 Å². The summed E-state index contributed by atoms with van der Waals surface area (Å²) < 4.78 is 74.0. The van der Waals surface area contributed by atoms with Gasteiger partial charge in [-0.3, -0.25) is 9.59 Å². The Morgan fingerprint density at radius 2 is 1.74 bits per heavy atom. The van der Waals surface area contributed by atoms with Gasteiger partial charge in [0.05, 0.1) is 30.2 Å². The Hall–Kier alpha value is -3.73. The van der Waals surface area contributed by atoms with Crippen molar-refractivity contribution in [1.29, 1.82) is 0 Å². The summed E-state index contributed by atoms with van der Waals surface area (Å²) in [5.41, 5.74) is -0.695. The normalized spacial score (nSPS) is 15.8. The van der Waals surface area contributed by atoms with E-state index in [1.807, 2.05) is 0 Å². The number of carbonyl (C=O) groups is 1. The number of rotatable bonds is 3. The largest absolute Gasteiger partial charge is 0.373 e. The molecule has 1 amide bonds. The third kappa shape index (κ3) is 3.35. The monoisotopic (exact) mass is 477 g/mol. The molecule has 176 valence electrons. The van der Waals surface area contributed by atoms with Crippen LogP contribution in [0.4, 0.5) is 22.0 Å². The number of ether oxygens (including phenoxy) is 1. The molecule has 0 aliphatic carbocycles. The van der Waals surface area contributed by atoms with E-state index in [-0.39, 0.29) is 40.6 Å². The number of likely N-dealkylation sites (N-methyl/N-ethyl adjacent to an activating group) is 1. The van der Waals surface area contributed by atoms with E-state index in [0.717, 1.165) is 24.3 Å². The first kappa shape index (κ1) is 22.1. The van der Waals surface area contributed by atoms with Gasteiger partial charge in [0.25, 0.3) is 17.9 Å². The van der Waals surface area contributed by atoms with E-state index < -0.39 is 46.9 Å². The summed E-state index contributed by atoms with van der Waals surface area (Å²) in [6, 6.07) is 4.15. The summed E-state index contributed by atoms with van der Waals surface area (Å²) >= 11 is 0. The van der Waals surface area contributed by atoms with Crippen LogP contribution in [0.1, 0.15) is 39.8 Å². The Kier molecular flexibility index (Phi) is 5.16. The maximum absolute atomic E-state index is 14.1. The average Bonchev–Trinajstić information content (AvgIpc) is 3.22. The Balaban J connectivity index is 1.61. The number of hydrogen-bond donors (Lipinski definition) is 2. The number of amides is 1. The van der Waals surface area contributed by atoms with Crippen LogP contribution in [0, 0.1) is 17.5 Å². The first-order chi connectivity index (χ1) is 16.2. The molecular weight excluding hydrogens is 461 g/mol. The average molecular weight is 477 g/mol. The van der Waals surface area contributed by atoms with E-state index in [1.54, 1.807) is 0 Å². The number of nitrogens with one attached hydrogen (secondary N) is 2. The van der Waals surface area contributed by atoms with E-state index in [4.69, 9.17) is 4.74 Å². The van der Waals surface area contributed by atoms with E-state index in [1.165, 1.54) is 18.0 Å². The summed E-state index contributed by atoms with van der Waals surface area (Å²) in [5.74, 6) is -4.07. The number of fused-ring (bicyclic) bond motifs is 4. The quantitative estimate of drug-likeness (QED) is 0.420. The second-order valence-corrected chi connectivity index (χ2v) is 8.01. The minimum absolute atomic E-state index is 0.0124. The third-order valence-electron chi connectivity index (χ3n) is 6.07. The maximum Gasteiger partial charge on any atom is 0.270 e. The van der Waals surface area contributed by atoms with Crippen LogP contribution >= 0.6 is 0 Å². The smallest absolute Gasteiger partial charge is 0.270 e. The van der Waals surface area contributed by atoms with Crippen molar-refractivity contribution in [2.45, 2.75) is 19.1 Å². The summed E-state index contributed by atoms with van der Waals surface area (Å²) in [5, 5.41) is -0.0864. The highest BCUT2D eigenvalue weighted by molar-refractivity contribution is 5.99. The fourth-order valence-corrected chi connectivity index (χ4v) is 4.42. The Labute approximate surface area is 187 Å². The lowest BCUT2D eigenvalue weighted by molar-refractivity contribution is 0.0333. The van der Waals surface area contributed by atoms with Crippen molar-refractivity contribution in [2.75, 3.05) is 13.7 Å². The number of aromatic amines is 2. The number of carbonyl (C=O) groups excluding carboxylic acids is 1. The zero-order valence-corrected chi connectivity index (χ0v) is 17.5. The highest BCUT2D eigenvalue weighted by Gasteiger charge is 2.32. The van der Waals surface area contributed by atoms with Gasteiger partial charge in [-0.25, -0.2) is 22.0 Å². The molecule has 0 saturated carbocycles. The molecule has 4 aromatic rings. The lowest BCUT2D eigenvalue weighted by Gasteiger charge is -2.33. The Morgan fingerprint density at radius 3 is 2.44 bits per heavy atom. The standard InChI is InChI=1S/C23H16F5N3O3/c1-31(23(33)16-6-11-15(29-16)3-2-12(24)19(11)21(27)28)18-8-34-7-17-20(18)9-4-13(25)14(26)5-10(9)22(32)30-17/h2-6,18,21,29H,7-8H2,1H3,(H,30,32). The molecule has 3 heterocycles. The molecule has 0 spiro atoms. The van der Waals surface area contributed by atoms with Crippen LogP contribution in [0.25, 0.3) is 21.7 Å². The fraction of sp³-hybridized carbons (Fsp3) is 0.217. The van der Waals surface area contributed by atoms with Gasteiger partial charge in [-0.2, -0.15) is 0 Å². The number of aromatic nitrogens is 2. The summed E-state index contributed by atoms with van der Waals surface area (Å²) in [7, 11) is 1.42. The predicted molar refractivity (Wildman–Crippen MR) is 112 cm³/mol. The van der Waals surface area contributed by atoms with Crippen LogP contribution in [0.2, 0.25) is 0 Å². The molecule has 0 bridgehead atoms. The van der Waals surface area contributed by atoms with Gasteiger partial charge in [0.1, 0.15) is 11.5 Å². The molecule has 34 heavy (non-hydrogen) atoms. The first-order valence-corrected chi connectivity index (χ1v) is 10.1. The summed E-state index contributed by atoms with van der Waals surface area (Å²) in [6.07, 6.45) is -3.09. The van der Waals surface area contributed by atoms with Gasteiger partial charge < -0.3 is 19.6 Å². The van der Waals surface area contributed by atoms with Gasteiger partial charge in [-0.15, -0.1) is 0 Å². The minimum atomic E-state index is -3.09. The van der Waals surface area contributed by atoms with Gasteiger partial charge in [0.15, 0.2) is 11.6 Å². The molecule has 2 aromatic carbocycles. The fourth-order valence-electron chi connectivity index (χ4n) is 4.42. The van der Waals surface area contributed by atoms with Crippen molar-refractivity contribution in [3.05, 3.63) is 80.7 Å². The van der Waals surface area contributed by atoms with Crippen LogP contribution in [-0.4, -0.2) is 34.4 Å². The van der Waals surface area contributed by atoms with Gasteiger partial charge in [0, 0.05) is 29.2 Å². The molecule has 2 aromatic heterocycles. The van der Waals surface area contributed by atoms with Crippen molar-refractivity contribution in [3.63, 3.8) is 0 Å². The molecule has 5 rings (SSSR count). The minimum Gasteiger partial charge on any atom is -0.373 e. The third-order valence-corrected chi connectivity index (χ3v) is 6.07. The number of pyridine rings is 1. The first-order valence-electron chi connectivity index (χ1n) is 10.1. The number of hydrogen-bond acceptors (Lipinski definition) is 3. The highest BCUT2D eigenvalue weighted by Crippen LogP contribution is 2.35. The zero-order chi connectivity index (χ0) is 24.3. The number of alkyl halides is 2. The van der Waals surface area contributed by atoms with E-state index in [9.17, 15) is 31.5 Å². The SMILES string of the molecule is CN(C(=O)c1cc2c(C(F)F)c(F)ccc2[nH]1)C1COCc2[nH]c(=O)c3cc(F)c(F)cc3c21. The zero-order valence-electron chi connectivity index (χ0n) is 17.5. The molecule has 6 nitrogen and oxygen atoms in total. The van der Waals surface area contributed by atoms with E-state index in [2.05, 4.69) is 9.97 Å². The molecule has 2 N–H and O–H groups in total. The number of nitrogens with zero attached hydrogens (tertiary/aromatic N) is 1. The highest BCUT2D eigenvalue weighted by atomic mass is 19.3. The van der Waals surface area contributed by atoms with Gasteiger partial charge in [0.2, 0.25) is 0 Å². The van der Waals surface area contributed by atoms with Crippen LogP contribution in [0.3, 0.4) is 0 Å². The molecular formula is C23H16F5N3O3. The number of halogens is 5. The molecule has 1 aliphatic heterocycles. The maximum atomic E-state index is 14.1. The van der Waals surface area contributed by atoms with Crippen molar-refractivity contribution < 1.29 is 31.5 Å². The Bertz CT molecular complexity index is 1530. The van der Waals surface area contributed by atoms with Gasteiger partial charge in [-0.1, -0.05) is 0 Å². The molecule has 0 saturated heterocycles. The van der Waals surface area contributed by atoms with Crippen LogP contribution < -0.4 is 5.56 Å². The van der Waals surface area contributed by atoms with Crippen molar-refractivity contribution in [2.24, 2.45) is 0 Å². The number of H-pyrrole nitrogens is 2. The Morgan fingerprint density at radius 1 is 1.03 bits per heavy atom. The molecule has 11 heteroatoms. The molecule has 0 radical (unpaired) electrons. The lowest BCUT2D eigenvalue weighted by Crippen LogP contribution is -2.37. The predicted octanol–water partition coefficient (Wildman–Crippen LogP) is 4.71.